The van der Waals surface area contributed by atoms with Gasteiger partial charge in [-0.1, -0.05) is 48.5 Å². The van der Waals surface area contributed by atoms with Gasteiger partial charge in [0.1, 0.15) is 5.69 Å². The van der Waals surface area contributed by atoms with Crippen LogP contribution in [0.1, 0.15) is 41.7 Å². The van der Waals surface area contributed by atoms with Crippen LogP contribution in [0, 0.1) is 0 Å². The highest BCUT2D eigenvalue weighted by molar-refractivity contribution is 5.97. The van der Waals surface area contributed by atoms with E-state index in [0.717, 1.165) is 55.2 Å². The highest BCUT2D eigenvalue weighted by atomic mass is 16.5. The van der Waals surface area contributed by atoms with Gasteiger partial charge in [-0.25, -0.2) is 0 Å². The van der Waals surface area contributed by atoms with Crippen molar-refractivity contribution >= 4 is 22.7 Å². The quantitative estimate of drug-likeness (QED) is 0.647. The number of amides is 2. The third kappa shape index (κ3) is 4.41. The summed E-state index contributed by atoms with van der Waals surface area (Å²) < 4.78 is 6.42. The lowest BCUT2D eigenvalue weighted by Gasteiger charge is -2.39. The second kappa shape index (κ2) is 8.79. The normalized spacial score (nSPS) is 20.0. The Morgan fingerprint density at radius 1 is 1.03 bits per heavy atom. The second-order valence-electron chi connectivity index (χ2n) is 8.98. The van der Waals surface area contributed by atoms with Crippen LogP contribution in [-0.4, -0.2) is 53.0 Å². The van der Waals surface area contributed by atoms with Gasteiger partial charge in [0, 0.05) is 30.5 Å². The summed E-state index contributed by atoms with van der Waals surface area (Å²) in [6.45, 7) is 1.98. The Bertz CT molecular complexity index is 1070. The fourth-order valence-corrected chi connectivity index (χ4v) is 4.95. The molecule has 2 aliphatic rings. The first-order valence-electron chi connectivity index (χ1n) is 11.5. The summed E-state index contributed by atoms with van der Waals surface area (Å²) >= 11 is 0. The van der Waals surface area contributed by atoms with Crippen molar-refractivity contribution in [3.8, 4) is 0 Å². The molecule has 2 amide bonds. The van der Waals surface area contributed by atoms with E-state index >= 15 is 0 Å². The van der Waals surface area contributed by atoms with Crippen molar-refractivity contribution in [2.45, 2.75) is 43.8 Å². The molecule has 166 valence electrons. The van der Waals surface area contributed by atoms with Crippen LogP contribution in [0.3, 0.4) is 0 Å². The van der Waals surface area contributed by atoms with Crippen LogP contribution in [0.25, 0.3) is 10.9 Å². The van der Waals surface area contributed by atoms with Crippen LogP contribution in [0.5, 0.6) is 0 Å². The predicted octanol–water partition coefficient (Wildman–Crippen LogP) is 3.68. The number of hydrogen-bond donors (Lipinski definition) is 2. The molecule has 6 heteroatoms. The molecule has 1 aromatic heterocycles. The molecule has 1 atom stereocenters. The number of piperidine rings is 1. The first-order chi connectivity index (χ1) is 15.6. The third-order valence-corrected chi connectivity index (χ3v) is 6.83. The van der Waals surface area contributed by atoms with Gasteiger partial charge in [-0.3, -0.25) is 9.59 Å². The number of carbonyl (C=O) groups excluding carboxylic acids is 2. The van der Waals surface area contributed by atoms with E-state index in [1.54, 1.807) is 0 Å². The van der Waals surface area contributed by atoms with Gasteiger partial charge in [-0.2, -0.15) is 0 Å². The van der Waals surface area contributed by atoms with Crippen molar-refractivity contribution in [2.75, 3.05) is 19.6 Å². The number of nitrogens with zero attached hydrogens (tertiary/aromatic N) is 1. The number of ether oxygens (including phenoxy) is 1. The predicted molar refractivity (Wildman–Crippen MR) is 123 cm³/mol. The van der Waals surface area contributed by atoms with Crippen LogP contribution >= 0.6 is 0 Å². The fourth-order valence-electron chi connectivity index (χ4n) is 4.95. The smallest absolute Gasteiger partial charge is 0.267 e. The number of aromatic amines is 1. The van der Waals surface area contributed by atoms with Crippen molar-refractivity contribution in [2.24, 2.45) is 0 Å². The second-order valence-corrected chi connectivity index (χ2v) is 8.98. The van der Waals surface area contributed by atoms with Crippen molar-refractivity contribution in [3.05, 3.63) is 71.9 Å². The number of aromatic nitrogens is 1. The van der Waals surface area contributed by atoms with Crippen molar-refractivity contribution < 1.29 is 14.3 Å². The van der Waals surface area contributed by atoms with Gasteiger partial charge in [-0.15, -0.1) is 0 Å². The maximum atomic E-state index is 12.6. The molecule has 32 heavy (non-hydrogen) atoms. The summed E-state index contributed by atoms with van der Waals surface area (Å²) in [5.74, 6) is 0.0817. The summed E-state index contributed by atoms with van der Waals surface area (Å²) in [6.07, 6.45) is 4.12. The number of hydrogen-bond acceptors (Lipinski definition) is 3. The van der Waals surface area contributed by atoms with Gasteiger partial charge in [0.2, 0.25) is 5.91 Å². The highest BCUT2D eigenvalue weighted by Crippen LogP contribution is 2.38. The van der Waals surface area contributed by atoms with Crippen LogP contribution in [-0.2, 0) is 16.0 Å². The summed E-state index contributed by atoms with van der Waals surface area (Å²) in [5.41, 5.74) is 2.44. The maximum Gasteiger partial charge on any atom is 0.267 e. The summed E-state index contributed by atoms with van der Waals surface area (Å²) in [6, 6.07) is 19.6. The number of likely N-dealkylation sites (tertiary alicyclic amines) is 1. The molecule has 0 aliphatic carbocycles. The lowest BCUT2D eigenvalue weighted by molar-refractivity contribution is -0.136. The zero-order valence-corrected chi connectivity index (χ0v) is 18.2. The van der Waals surface area contributed by atoms with E-state index in [2.05, 4.69) is 10.3 Å². The van der Waals surface area contributed by atoms with Crippen molar-refractivity contribution in [3.63, 3.8) is 0 Å². The van der Waals surface area contributed by atoms with Gasteiger partial charge >= 0.3 is 0 Å². The molecule has 6 nitrogen and oxygen atoms in total. The molecule has 2 N–H and O–H groups in total. The molecule has 3 heterocycles. The zero-order chi connectivity index (χ0) is 22.0. The van der Waals surface area contributed by atoms with E-state index in [1.807, 2.05) is 65.6 Å². The fraction of sp³-hybridized carbons (Fsp3) is 0.385. The SMILES string of the molecule is O=C(NCC1CCC2(CCN(C(=O)Cc3ccccc3)CC2)O1)c1cc2ccccc2[nH]1. The number of H-pyrrole nitrogens is 1. The van der Waals surface area contributed by atoms with Gasteiger partial charge < -0.3 is 19.9 Å². The number of carbonyl (C=O) groups is 2. The van der Waals surface area contributed by atoms with E-state index in [0.29, 0.717) is 18.7 Å². The standard InChI is InChI=1S/C26H29N3O3/c30-24(16-19-6-2-1-3-7-19)29-14-12-26(13-15-29)11-10-21(32-26)18-27-25(31)23-17-20-8-4-5-9-22(20)28-23/h1-9,17,21,28H,10-16,18H2,(H,27,31). The monoisotopic (exact) mass is 431 g/mol. The Hall–Kier alpha value is -3.12. The molecule has 2 saturated heterocycles. The molecular formula is C26H29N3O3. The lowest BCUT2D eigenvalue weighted by Crippen LogP contribution is -2.47. The molecule has 2 aromatic carbocycles. The van der Waals surface area contributed by atoms with E-state index in [4.69, 9.17) is 4.74 Å². The van der Waals surface area contributed by atoms with E-state index < -0.39 is 0 Å². The van der Waals surface area contributed by atoms with Crippen LogP contribution in [0.4, 0.5) is 0 Å². The Kier molecular flexibility index (Phi) is 5.70. The minimum Gasteiger partial charge on any atom is -0.370 e. The molecule has 0 radical (unpaired) electrons. The Labute approximate surface area is 187 Å². The molecule has 0 saturated carbocycles. The summed E-state index contributed by atoms with van der Waals surface area (Å²) in [4.78, 5) is 30.3. The molecule has 0 bridgehead atoms. The number of para-hydroxylation sites is 1. The minimum absolute atomic E-state index is 0.0231. The van der Waals surface area contributed by atoms with Gasteiger partial charge in [0.15, 0.2) is 0 Å². The maximum absolute atomic E-state index is 12.6. The topological polar surface area (TPSA) is 74.4 Å². The summed E-state index contributed by atoms with van der Waals surface area (Å²) in [7, 11) is 0. The molecule has 5 rings (SSSR count). The van der Waals surface area contributed by atoms with Gasteiger partial charge in [0.05, 0.1) is 18.1 Å². The van der Waals surface area contributed by atoms with Crippen LogP contribution < -0.4 is 5.32 Å². The highest BCUT2D eigenvalue weighted by Gasteiger charge is 2.43. The Morgan fingerprint density at radius 2 is 1.78 bits per heavy atom. The molecule has 2 fully saturated rings. The van der Waals surface area contributed by atoms with E-state index in [-0.39, 0.29) is 23.5 Å². The average Bonchev–Trinajstić information content (AvgIpc) is 3.43. The zero-order valence-electron chi connectivity index (χ0n) is 18.2. The Morgan fingerprint density at radius 3 is 2.56 bits per heavy atom. The first kappa shape index (κ1) is 20.8. The minimum atomic E-state index is -0.153. The third-order valence-electron chi connectivity index (χ3n) is 6.83. The number of nitrogens with one attached hydrogen (secondary N) is 2. The number of fused-ring (bicyclic) bond motifs is 1. The Balaban J connectivity index is 1.10. The largest absolute Gasteiger partial charge is 0.370 e. The van der Waals surface area contributed by atoms with Gasteiger partial charge in [-0.05, 0) is 43.4 Å². The van der Waals surface area contributed by atoms with Crippen LogP contribution in [0.2, 0.25) is 0 Å². The summed E-state index contributed by atoms with van der Waals surface area (Å²) in [5, 5.41) is 4.05. The van der Waals surface area contributed by atoms with Crippen molar-refractivity contribution in [1.29, 1.82) is 0 Å². The van der Waals surface area contributed by atoms with Gasteiger partial charge in [0.25, 0.3) is 5.91 Å². The van der Waals surface area contributed by atoms with Crippen LogP contribution in [0.15, 0.2) is 60.7 Å². The molecule has 1 unspecified atom stereocenters. The number of rotatable bonds is 5. The lowest BCUT2D eigenvalue weighted by atomic mass is 9.88. The van der Waals surface area contributed by atoms with E-state index in [1.165, 1.54) is 0 Å². The molecular weight excluding hydrogens is 402 g/mol. The van der Waals surface area contributed by atoms with E-state index in [9.17, 15) is 9.59 Å². The molecule has 2 aliphatic heterocycles. The first-order valence-corrected chi connectivity index (χ1v) is 11.5. The molecule has 3 aromatic rings. The van der Waals surface area contributed by atoms with Crippen molar-refractivity contribution in [1.82, 2.24) is 15.2 Å². The number of benzene rings is 2. The molecule has 1 spiro atoms. The average molecular weight is 432 g/mol.